The number of carbonyl (C=O) groups excluding carboxylic acids is 1. The number of amides is 1. The number of aromatic nitrogens is 4. The molecule has 1 amide bonds. The summed E-state index contributed by atoms with van der Waals surface area (Å²) in [5, 5.41) is 8.13. The van der Waals surface area contributed by atoms with Crippen LogP contribution < -0.4 is 10.9 Å². The maximum Gasteiger partial charge on any atom is 0.252 e. The summed E-state index contributed by atoms with van der Waals surface area (Å²) in [5.74, 6) is 0.682. The van der Waals surface area contributed by atoms with Crippen LogP contribution in [0.2, 0.25) is 5.02 Å². The molecule has 1 aliphatic rings. The Kier molecular flexibility index (Phi) is 5.47. The Hall–Kier alpha value is -2.93. The first kappa shape index (κ1) is 20.3. The van der Waals surface area contributed by atoms with Crippen molar-refractivity contribution in [3.8, 4) is 5.95 Å². The van der Waals surface area contributed by atoms with Crippen molar-refractivity contribution >= 4 is 23.3 Å². The van der Waals surface area contributed by atoms with E-state index in [0.717, 1.165) is 31.2 Å². The molecule has 0 saturated heterocycles. The molecule has 0 bridgehead atoms. The lowest BCUT2D eigenvalue weighted by atomic mass is 9.78. The fourth-order valence-corrected chi connectivity index (χ4v) is 4.28. The number of benzene rings is 1. The second-order valence-electron chi connectivity index (χ2n) is 7.75. The molecule has 2 N–H and O–H groups in total. The minimum absolute atomic E-state index is 0.0857. The predicted octanol–water partition coefficient (Wildman–Crippen LogP) is 3.93. The molecule has 1 fully saturated rings. The predicted molar refractivity (Wildman–Crippen MR) is 116 cm³/mol. The summed E-state index contributed by atoms with van der Waals surface area (Å²) >= 11 is 6.05. The first-order valence-electron chi connectivity index (χ1n) is 10.2. The first-order chi connectivity index (χ1) is 14.4. The molecule has 1 aliphatic carbocycles. The number of aryl methyl sites for hydroxylation is 2. The quantitative estimate of drug-likeness (QED) is 0.647. The van der Waals surface area contributed by atoms with Gasteiger partial charge in [0.2, 0.25) is 11.9 Å². The number of anilines is 1. The molecule has 0 unspecified atom stereocenters. The summed E-state index contributed by atoms with van der Waals surface area (Å²) in [5.41, 5.74) is 1.47. The van der Waals surface area contributed by atoms with Gasteiger partial charge < -0.3 is 5.32 Å². The molecule has 156 valence electrons. The third-order valence-electron chi connectivity index (χ3n) is 5.71. The Balaban J connectivity index is 1.71. The third kappa shape index (κ3) is 3.77. The molecule has 7 nitrogen and oxygen atoms in total. The zero-order valence-corrected chi connectivity index (χ0v) is 17.8. The van der Waals surface area contributed by atoms with E-state index in [0.29, 0.717) is 28.6 Å². The van der Waals surface area contributed by atoms with E-state index >= 15 is 0 Å². The van der Waals surface area contributed by atoms with Crippen LogP contribution in [0.5, 0.6) is 0 Å². The highest BCUT2D eigenvalue weighted by Crippen LogP contribution is 2.42. The molecule has 1 saturated carbocycles. The minimum atomic E-state index is -0.611. The molecule has 3 aromatic rings. The summed E-state index contributed by atoms with van der Waals surface area (Å²) in [6.07, 6.45) is 4.14. The van der Waals surface area contributed by atoms with E-state index in [-0.39, 0.29) is 17.4 Å². The van der Waals surface area contributed by atoms with Crippen LogP contribution in [0.25, 0.3) is 5.95 Å². The average Bonchev–Trinajstić information content (AvgIpc) is 3.36. The number of halogens is 1. The zero-order chi connectivity index (χ0) is 21.3. The van der Waals surface area contributed by atoms with Crippen LogP contribution in [0.1, 0.15) is 49.6 Å². The minimum Gasteiger partial charge on any atom is -0.310 e. The van der Waals surface area contributed by atoms with E-state index in [1.165, 1.54) is 10.7 Å². The van der Waals surface area contributed by atoms with Gasteiger partial charge in [0.25, 0.3) is 5.56 Å². The molecular formula is C22H24ClN5O2. The lowest BCUT2D eigenvalue weighted by Crippen LogP contribution is -2.38. The number of carbonyl (C=O) groups is 1. The summed E-state index contributed by atoms with van der Waals surface area (Å²) in [6, 6.07) is 10.7. The van der Waals surface area contributed by atoms with Crippen molar-refractivity contribution in [1.29, 1.82) is 0 Å². The number of aromatic amines is 1. The molecule has 0 aliphatic heterocycles. The Labute approximate surface area is 179 Å². The van der Waals surface area contributed by atoms with Crippen LogP contribution in [0, 0.1) is 6.92 Å². The zero-order valence-electron chi connectivity index (χ0n) is 17.0. The molecule has 0 spiro atoms. The van der Waals surface area contributed by atoms with Crippen LogP contribution in [0.15, 0.2) is 41.2 Å². The van der Waals surface area contributed by atoms with E-state index in [2.05, 4.69) is 20.4 Å². The smallest absolute Gasteiger partial charge is 0.252 e. The Bertz CT molecular complexity index is 1130. The largest absolute Gasteiger partial charge is 0.310 e. The second kappa shape index (κ2) is 8.07. The van der Waals surface area contributed by atoms with E-state index < -0.39 is 5.41 Å². The number of hydrogen-bond acceptors (Lipinski definition) is 4. The summed E-state index contributed by atoms with van der Waals surface area (Å²) in [6.45, 7) is 3.76. The van der Waals surface area contributed by atoms with E-state index in [9.17, 15) is 9.59 Å². The normalized spacial score (nSPS) is 15.3. The molecule has 1 aromatic carbocycles. The van der Waals surface area contributed by atoms with E-state index in [1.54, 1.807) is 6.07 Å². The van der Waals surface area contributed by atoms with Crippen LogP contribution in [0.4, 0.5) is 5.82 Å². The van der Waals surface area contributed by atoms with Crippen molar-refractivity contribution in [2.45, 2.75) is 51.4 Å². The highest BCUT2D eigenvalue weighted by molar-refractivity contribution is 6.30. The molecule has 30 heavy (non-hydrogen) atoms. The van der Waals surface area contributed by atoms with Crippen molar-refractivity contribution in [3.05, 3.63) is 68.7 Å². The van der Waals surface area contributed by atoms with E-state index in [4.69, 9.17) is 11.6 Å². The van der Waals surface area contributed by atoms with E-state index in [1.807, 2.05) is 38.1 Å². The first-order valence-corrected chi connectivity index (χ1v) is 10.5. The van der Waals surface area contributed by atoms with Gasteiger partial charge in [-0.2, -0.15) is 9.78 Å². The number of nitrogens with zero attached hydrogens (tertiary/aromatic N) is 3. The van der Waals surface area contributed by atoms with Crippen molar-refractivity contribution in [3.63, 3.8) is 0 Å². The second-order valence-corrected chi connectivity index (χ2v) is 8.18. The van der Waals surface area contributed by atoms with Crippen LogP contribution >= 0.6 is 11.6 Å². The Morgan fingerprint density at radius 3 is 2.60 bits per heavy atom. The molecular weight excluding hydrogens is 402 g/mol. The van der Waals surface area contributed by atoms with Crippen LogP contribution in [-0.2, 0) is 16.6 Å². The standard InChI is InChI=1S/C22H24ClN5O2/c1-3-17-13-19(29)26-21(24-17)28-18(12-14(2)27-28)25-20(30)22(10-4-5-11-22)15-6-8-16(23)9-7-15/h6-9,12-13H,3-5,10-11H2,1-2H3,(H,25,30)(H,24,26,29). The molecule has 0 atom stereocenters. The van der Waals surface area contributed by atoms with Gasteiger partial charge in [0.1, 0.15) is 5.82 Å². The van der Waals surface area contributed by atoms with Crippen LogP contribution in [0.3, 0.4) is 0 Å². The fourth-order valence-electron chi connectivity index (χ4n) is 4.16. The van der Waals surface area contributed by atoms with Gasteiger partial charge in [0, 0.05) is 22.8 Å². The highest BCUT2D eigenvalue weighted by Gasteiger charge is 2.43. The van der Waals surface area contributed by atoms with Gasteiger partial charge in [-0.25, -0.2) is 4.98 Å². The van der Waals surface area contributed by atoms with Crippen molar-refractivity contribution in [1.82, 2.24) is 19.7 Å². The Morgan fingerprint density at radius 1 is 1.23 bits per heavy atom. The number of hydrogen-bond donors (Lipinski definition) is 2. The van der Waals surface area contributed by atoms with Gasteiger partial charge in [-0.05, 0) is 43.9 Å². The van der Waals surface area contributed by atoms with Gasteiger partial charge in [0.05, 0.1) is 11.1 Å². The maximum atomic E-state index is 13.5. The lowest BCUT2D eigenvalue weighted by molar-refractivity contribution is -0.121. The topological polar surface area (TPSA) is 92.7 Å². The number of rotatable bonds is 5. The average molecular weight is 426 g/mol. The molecule has 4 rings (SSSR count). The van der Waals surface area contributed by atoms with Crippen molar-refractivity contribution < 1.29 is 4.79 Å². The van der Waals surface area contributed by atoms with Gasteiger partial charge >= 0.3 is 0 Å². The third-order valence-corrected chi connectivity index (χ3v) is 5.96. The van der Waals surface area contributed by atoms with Gasteiger partial charge in [-0.15, -0.1) is 0 Å². The summed E-state index contributed by atoms with van der Waals surface area (Å²) in [7, 11) is 0. The Morgan fingerprint density at radius 2 is 1.93 bits per heavy atom. The number of nitrogens with one attached hydrogen (secondary N) is 2. The van der Waals surface area contributed by atoms with Crippen LogP contribution in [-0.4, -0.2) is 25.7 Å². The summed E-state index contributed by atoms with van der Waals surface area (Å²) < 4.78 is 1.48. The van der Waals surface area contributed by atoms with Crippen molar-refractivity contribution in [2.75, 3.05) is 5.32 Å². The van der Waals surface area contributed by atoms with Gasteiger partial charge in [-0.3, -0.25) is 14.6 Å². The van der Waals surface area contributed by atoms with Gasteiger partial charge in [-0.1, -0.05) is 43.5 Å². The molecule has 0 radical (unpaired) electrons. The summed E-state index contributed by atoms with van der Waals surface area (Å²) in [4.78, 5) is 32.7. The molecule has 8 heteroatoms. The fraction of sp³-hybridized carbons (Fsp3) is 0.364. The maximum absolute atomic E-state index is 13.5. The molecule has 2 aromatic heterocycles. The highest BCUT2D eigenvalue weighted by atomic mass is 35.5. The SMILES string of the molecule is CCc1cc(=O)[nH]c(-n2nc(C)cc2NC(=O)C2(c3ccc(Cl)cc3)CCCC2)n1. The lowest BCUT2D eigenvalue weighted by Gasteiger charge is -2.28. The monoisotopic (exact) mass is 425 g/mol. The van der Waals surface area contributed by atoms with Crippen molar-refractivity contribution in [2.24, 2.45) is 0 Å². The van der Waals surface area contributed by atoms with Gasteiger partial charge in [0.15, 0.2) is 0 Å². The number of H-pyrrole nitrogens is 1. The molecule has 2 heterocycles.